The zero-order valence-electron chi connectivity index (χ0n) is 11.2. The molecule has 0 atom stereocenters. The average Bonchev–Trinajstić information content (AvgIpc) is 2.28. The second kappa shape index (κ2) is 6.35. The number of hydrogen-bond acceptors (Lipinski definition) is 4. The minimum Gasteiger partial charge on any atom is -0.337 e. The zero-order chi connectivity index (χ0) is 13.8. The van der Waals surface area contributed by atoms with Gasteiger partial charge in [0.2, 0.25) is 10.0 Å². The van der Waals surface area contributed by atoms with E-state index in [-0.39, 0.29) is 6.03 Å². The predicted octanol–water partition coefficient (Wildman–Crippen LogP) is -1.17. The Bertz CT molecular complexity index is 375. The summed E-state index contributed by atoms with van der Waals surface area (Å²) in [5.41, 5.74) is 0. The monoisotopic (exact) mass is 278 g/mol. The van der Waals surface area contributed by atoms with Gasteiger partial charge in [0.25, 0.3) is 0 Å². The van der Waals surface area contributed by atoms with Crippen molar-refractivity contribution in [2.24, 2.45) is 0 Å². The Morgan fingerprint density at radius 2 is 1.78 bits per heavy atom. The number of urea groups is 1. The highest BCUT2D eigenvalue weighted by molar-refractivity contribution is 7.88. The van der Waals surface area contributed by atoms with Crippen LogP contribution in [-0.4, -0.2) is 88.2 Å². The number of piperazine rings is 1. The summed E-state index contributed by atoms with van der Waals surface area (Å²) in [5.74, 6) is 0. The van der Waals surface area contributed by atoms with Crippen LogP contribution in [0.1, 0.15) is 0 Å². The van der Waals surface area contributed by atoms with Crippen molar-refractivity contribution in [3.63, 3.8) is 0 Å². The maximum Gasteiger partial charge on any atom is 0.316 e. The standard InChI is InChI=1S/C10H22N4O3S/c1-12(2)10(15)11-4-5-13-6-8-14(9-7-13)18(3,16)17/h4-9H2,1-3H3,(H,11,15). The summed E-state index contributed by atoms with van der Waals surface area (Å²) in [6, 6.07) is -0.107. The van der Waals surface area contributed by atoms with Crippen LogP contribution in [0.4, 0.5) is 4.79 Å². The van der Waals surface area contributed by atoms with Crippen molar-refractivity contribution in [1.29, 1.82) is 0 Å². The Morgan fingerprint density at radius 3 is 2.22 bits per heavy atom. The lowest BCUT2D eigenvalue weighted by molar-refractivity contribution is 0.185. The van der Waals surface area contributed by atoms with Gasteiger partial charge in [0.1, 0.15) is 0 Å². The third kappa shape index (κ3) is 4.79. The highest BCUT2D eigenvalue weighted by Gasteiger charge is 2.22. The first-order valence-corrected chi connectivity index (χ1v) is 7.78. The van der Waals surface area contributed by atoms with Crippen molar-refractivity contribution >= 4 is 16.1 Å². The first kappa shape index (κ1) is 15.2. The number of nitrogens with zero attached hydrogens (tertiary/aromatic N) is 3. The lowest BCUT2D eigenvalue weighted by Gasteiger charge is -2.33. The third-order valence-corrected chi connectivity index (χ3v) is 4.21. The van der Waals surface area contributed by atoms with Crippen LogP contribution < -0.4 is 5.32 Å². The molecule has 1 fully saturated rings. The zero-order valence-corrected chi connectivity index (χ0v) is 12.0. The summed E-state index contributed by atoms with van der Waals surface area (Å²) < 4.78 is 24.1. The van der Waals surface area contributed by atoms with Gasteiger partial charge in [-0.3, -0.25) is 4.90 Å². The van der Waals surface area contributed by atoms with E-state index in [0.717, 1.165) is 6.54 Å². The third-order valence-electron chi connectivity index (χ3n) is 2.91. The molecular weight excluding hydrogens is 256 g/mol. The second-order valence-corrected chi connectivity index (χ2v) is 6.61. The molecule has 1 rings (SSSR count). The number of hydrogen-bond donors (Lipinski definition) is 1. The molecule has 0 aromatic heterocycles. The molecule has 8 heteroatoms. The lowest BCUT2D eigenvalue weighted by atomic mass is 10.3. The maximum absolute atomic E-state index is 11.3. The van der Waals surface area contributed by atoms with E-state index in [1.165, 1.54) is 15.5 Å². The number of sulfonamides is 1. The van der Waals surface area contributed by atoms with Gasteiger partial charge in [0.05, 0.1) is 6.26 Å². The summed E-state index contributed by atoms with van der Waals surface area (Å²) >= 11 is 0. The van der Waals surface area contributed by atoms with Crippen molar-refractivity contribution in [2.75, 3.05) is 59.6 Å². The van der Waals surface area contributed by atoms with Gasteiger partial charge in [-0.2, -0.15) is 4.31 Å². The molecule has 2 amide bonds. The summed E-state index contributed by atoms with van der Waals surface area (Å²) in [6.07, 6.45) is 1.24. The molecule has 0 aromatic rings. The quantitative estimate of drug-likeness (QED) is 0.704. The number of nitrogens with one attached hydrogen (secondary N) is 1. The van der Waals surface area contributed by atoms with Crippen LogP contribution in [0.2, 0.25) is 0 Å². The van der Waals surface area contributed by atoms with E-state index in [9.17, 15) is 13.2 Å². The minimum absolute atomic E-state index is 0.107. The molecule has 7 nitrogen and oxygen atoms in total. The molecule has 1 saturated heterocycles. The molecule has 106 valence electrons. The van der Waals surface area contributed by atoms with E-state index >= 15 is 0 Å². The predicted molar refractivity (Wildman–Crippen MR) is 69.9 cm³/mol. The smallest absolute Gasteiger partial charge is 0.316 e. The molecule has 0 unspecified atom stereocenters. The lowest BCUT2D eigenvalue weighted by Crippen LogP contribution is -2.50. The molecule has 0 spiro atoms. The number of amides is 2. The molecule has 0 radical (unpaired) electrons. The first-order valence-electron chi connectivity index (χ1n) is 5.93. The van der Waals surface area contributed by atoms with Crippen molar-refractivity contribution in [3.05, 3.63) is 0 Å². The maximum atomic E-state index is 11.3. The van der Waals surface area contributed by atoms with Crippen LogP contribution in [0.15, 0.2) is 0 Å². The summed E-state index contributed by atoms with van der Waals surface area (Å²) in [4.78, 5) is 14.9. The molecule has 1 aliphatic rings. The van der Waals surface area contributed by atoms with Gasteiger partial charge in [0.15, 0.2) is 0 Å². The fourth-order valence-electron chi connectivity index (χ4n) is 1.76. The van der Waals surface area contributed by atoms with Gasteiger partial charge < -0.3 is 10.2 Å². The molecule has 1 aliphatic heterocycles. The van der Waals surface area contributed by atoms with Crippen molar-refractivity contribution in [1.82, 2.24) is 19.4 Å². The van der Waals surface area contributed by atoms with Crippen LogP contribution in [0.3, 0.4) is 0 Å². The Morgan fingerprint density at radius 1 is 1.22 bits per heavy atom. The largest absolute Gasteiger partial charge is 0.337 e. The average molecular weight is 278 g/mol. The Labute approximate surface area is 109 Å². The van der Waals surface area contributed by atoms with E-state index in [2.05, 4.69) is 10.2 Å². The van der Waals surface area contributed by atoms with E-state index in [0.29, 0.717) is 32.7 Å². The van der Waals surface area contributed by atoms with E-state index in [1.54, 1.807) is 14.1 Å². The summed E-state index contributed by atoms with van der Waals surface area (Å²) in [6.45, 7) is 3.81. The van der Waals surface area contributed by atoms with Gasteiger partial charge in [-0.05, 0) is 0 Å². The Hall–Kier alpha value is -0.860. The van der Waals surface area contributed by atoms with Gasteiger partial charge in [-0.15, -0.1) is 0 Å². The number of rotatable bonds is 4. The molecule has 1 heterocycles. The molecule has 18 heavy (non-hydrogen) atoms. The highest BCUT2D eigenvalue weighted by Crippen LogP contribution is 2.05. The van der Waals surface area contributed by atoms with Crippen molar-refractivity contribution in [2.45, 2.75) is 0 Å². The number of carbonyl (C=O) groups is 1. The topological polar surface area (TPSA) is 73.0 Å². The van der Waals surface area contributed by atoms with Crippen LogP contribution in [0, 0.1) is 0 Å². The van der Waals surface area contributed by atoms with E-state index in [4.69, 9.17) is 0 Å². The van der Waals surface area contributed by atoms with Gasteiger partial charge in [0, 0.05) is 53.4 Å². The van der Waals surface area contributed by atoms with Crippen LogP contribution in [-0.2, 0) is 10.0 Å². The molecule has 0 bridgehead atoms. The normalized spacial score (nSPS) is 18.6. The van der Waals surface area contributed by atoms with Crippen LogP contribution in [0.5, 0.6) is 0 Å². The Balaban J connectivity index is 2.22. The van der Waals surface area contributed by atoms with E-state index < -0.39 is 10.0 Å². The van der Waals surface area contributed by atoms with Crippen LogP contribution >= 0.6 is 0 Å². The van der Waals surface area contributed by atoms with Gasteiger partial charge >= 0.3 is 6.03 Å². The Kier molecular flexibility index (Phi) is 5.36. The highest BCUT2D eigenvalue weighted by atomic mass is 32.2. The van der Waals surface area contributed by atoms with Crippen LogP contribution in [0.25, 0.3) is 0 Å². The van der Waals surface area contributed by atoms with Gasteiger partial charge in [-0.25, -0.2) is 13.2 Å². The van der Waals surface area contributed by atoms with Crippen molar-refractivity contribution < 1.29 is 13.2 Å². The van der Waals surface area contributed by atoms with Gasteiger partial charge in [-0.1, -0.05) is 0 Å². The molecule has 0 aromatic carbocycles. The number of carbonyl (C=O) groups excluding carboxylic acids is 1. The van der Waals surface area contributed by atoms with E-state index in [1.807, 2.05) is 0 Å². The molecule has 1 N–H and O–H groups in total. The fraction of sp³-hybridized carbons (Fsp3) is 0.900. The summed E-state index contributed by atoms with van der Waals surface area (Å²) in [7, 11) is 0.325. The first-order chi connectivity index (χ1) is 8.30. The second-order valence-electron chi connectivity index (χ2n) is 4.63. The molecule has 0 aliphatic carbocycles. The van der Waals surface area contributed by atoms with Crippen molar-refractivity contribution in [3.8, 4) is 0 Å². The summed E-state index contributed by atoms with van der Waals surface area (Å²) in [5, 5.41) is 2.78. The fourth-order valence-corrected chi connectivity index (χ4v) is 2.59. The minimum atomic E-state index is -3.06. The SMILES string of the molecule is CN(C)C(=O)NCCN1CCN(S(C)(=O)=O)CC1. The molecule has 0 saturated carbocycles. The molecular formula is C10H22N4O3S.